The van der Waals surface area contributed by atoms with Gasteiger partial charge in [0.15, 0.2) is 0 Å². The van der Waals surface area contributed by atoms with Crippen molar-refractivity contribution in [2.75, 3.05) is 6.54 Å². The van der Waals surface area contributed by atoms with Crippen LogP contribution in [0.25, 0.3) is 0 Å². The maximum absolute atomic E-state index is 13.2. The van der Waals surface area contributed by atoms with Gasteiger partial charge in [-0.05, 0) is 42.5 Å². The second kappa shape index (κ2) is 10.1. The fourth-order valence-corrected chi connectivity index (χ4v) is 4.06. The molecular weight excluding hydrogens is 400 g/mol. The van der Waals surface area contributed by atoms with Crippen LogP contribution >= 0.6 is 0 Å². The zero-order chi connectivity index (χ0) is 22.3. The van der Waals surface area contributed by atoms with Crippen LogP contribution in [0.4, 0.5) is 0 Å². The van der Waals surface area contributed by atoms with Crippen molar-refractivity contribution >= 4 is 17.7 Å². The largest absolute Gasteiger partial charge is 0.354 e. The molecule has 0 aliphatic carbocycles. The number of nitrogens with zero attached hydrogens (tertiary/aromatic N) is 1. The van der Waals surface area contributed by atoms with E-state index in [9.17, 15) is 14.4 Å². The van der Waals surface area contributed by atoms with Gasteiger partial charge in [-0.3, -0.25) is 19.3 Å². The lowest BCUT2D eigenvalue weighted by Gasteiger charge is -2.25. The number of benzene rings is 3. The van der Waals surface area contributed by atoms with Crippen LogP contribution in [0.5, 0.6) is 0 Å². The van der Waals surface area contributed by atoms with Gasteiger partial charge in [-0.25, -0.2) is 0 Å². The van der Waals surface area contributed by atoms with Crippen LogP contribution in [-0.2, 0) is 17.6 Å². The highest BCUT2D eigenvalue weighted by Gasteiger charge is 2.42. The summed E-state index contributed by atoms with van der Waals surface area (Å²) in [6.07, 6.45) is 2.99. The molecule has 0 spiro atoms. The number of amides is 3. The van der Waals surface area contributed by atoms with Crippen LogP contribution < -0.4 is 5.32 Å². The van der Waals surface area contributed by atoms with Crippen molar-refractivity contribution in [1.82, 2.24) is 10.2 Å². The molecule has 0 saturated heterocycles. The van der Waals surface area contributed by atoms with Crippen LogP contribution in [0.1, 0.15) is 44.7 Å². The van der Waals surface area contributed by atoms with Crippen LogP contribution in [0.15, 0.2) is 84.9 Å². The second-order valence-corrected chi connectivity index (χ2v) is 7.97. The van der Waals surface area contributed by atoms with E-state index in [0.717, 1.165) is 29.7 Å². The molecule has 162 valence electrons. The molecule has 4 rings (SSSR count). The normalized spacial score (nSPS) is 13.7. The molecular formula is C27H26N2O3. The predicted octanol–water partition coefficient (Wildman–Crippen LogP) is 4.03. The van der Waals surface area contributed by atoms with Gasteiger partial charge in [0, 0.05) is 13.0 Å². The van der Waals surface area contributed by atoms with E-state index in [1.54, 1.807) is 24.3 Å². The van der Waals surface area contributed by atoms with Crippen LogP contribution in [0.2, 0.25) is 0 Å². The quantitative estimate of drug-likeness (QED) is 0.415. The van der Waals surface area contributed by atoms with Crippen molar-refractivity contribution < 1.29 is 14.4 Å². The number of carbonyl (C=O) groups is 3. The molecule has 1 atom stereocenters. The van der Waals surface area contributed by atoms with Gasteiger partial charge in [-0.1, -0.05) is 72.8 Å². The second-order valence-electron chi connectivity index (χ2n) is 7.97. The summed E-state index contributed by atoms with van der Waals surface area (Å²) >= 11 is 0. The number of hydrogen-bond acceptors (Lipinski definition) is 3. The fraction of sp³-hybridized carbons (Fsp3) is 0.222. The summed E-state index contributed by atoms with van der Waals surface area (Å²) in [6.45, 7) is 0.500. The molecule has 0 aromatic heterocycles. The predicted molar refractivity (Wildman–Crippen MR) is 123 cm³/mol. The van der Waals surface area contributed by atoms with Gasteiger partial charge in [0.2, 0.25) is 5.91 Å². The first-order chi connectivity index (χ1) is 15.6. The van der Waals surface area contributed by atoms with Crippen LogP contribution in [-0.4, -0.2) is 35.2 Å². The first-order valence-electron chi connectivity index (χ1n) is 11.0. The first kappa shape index (κ1) is 21.5. The van der Waals surface area contributed by atoms with E-state index in [-0.39, 0.29) is 12.3 Å². The molecule has 3 aromatic carbocycles. The maximum atomic E-state index is 13.2. The number of unbranched alkanes of at least 4 members (excludes halogenated alkanes) is 1. The molecule has 32 heavy (non-hydrogen) atoms. The van der Waals surface area contributed by atoms with Crippen molar-refractivity contribution in [3.05, 3.63) is 107 Å². The topological polar surface area (TPSA) is 66.5 Å². The van der Waals surface area contributed by atoms with Crippen molar-refractivity contribution in [2.45, 2.75) is 31.7 Å². The summed E-state index contributed by atoms with van der Waals surface area (Å²) in [5, 5.41) is 2.95. The molecule has 3 aromatic rings. The number of imide groups is 1. The zero-order valence-corrected chi connectivity index (χ0v) is 17.9. The smallest absolute Gasteiger partial charge is 0.262 e. The Labute approximate surface area is 188 Å². The number of aryl methyl sites for hydroxylation is 1. The maximum Gasteiger partial charge on any atom is 0.262 e. The minimum atomic E-state index is -0.890. The Morgan fingerprint density at radius 3 is 1.84 bits per heavy atom. The highest BCUT2D eigenvalue weighted by atomic mass is 16.2. The lowest BCUT2D eigenvalue weighted by Crippen LogP contribution is -2.50. The summed E-state index contributed by atoms with van der Waals surface area (Å²) in [6, 6.07) is 25.5. The van der Waals surface area contributed by atoms with Gasteiger partial charge in [0.05, 0.1) is 11.1 Å². The van der Waals surface area contributed by atoms with Crippen LogP contribution in [0.3, 0.4) is 0 Å². The number of hydrogen-bond donors (Lipinski definition) is 1. The molecule has 0 saturated carbocycles. The van der Waals surface area contributed by atoms with Gasteiger partial charge in [-0.15, -0.1) is 0 Å². The van der Waals surface area contributed by atoms with Gasteiger partial charge in [-0.2, -0.15) is 0 Å². The summed E-state index contributed by atoms with van der Waals surface area (Å²) in [4.78, 5) is 40.3. The fourth-order valence-electron chi connectivity index (χ4n) is 4.06. The van der Waals surface area contributed by atoms with Crippen molar-refractivity contribution in [3.8, 4) is 0 Å². The summed E-state index contributed by atoms with van der Waals surface area (Å²) < 4.78 is 0. The molecule has 5 heteroatoms. The Morgan fingerprint density at radius 1 is 0.719 bits per heavy atom. The van der Waals surface area contributed by atoms with E-state index in [0.29, 0.717) is 17.7 Å². The van der Waals surface area contributed by atoms with E-state index in [2.05, 4.69) is 17.4 Å². The number of carbonyl (C=O) groups excluding carboxylic acids is 3. The molecule has 3 amide bonds. The third kappa shape index (κ3) is 4.78. The lowest BCUT2D eigenvalue weighted by atomic mass is 10.0. The molecule has 1 N–H and O–H groups in total. The molecule has 1 unspecified atom stereocenters. The molecule has 1 aliphatic heterocycles. The Morgan fingerprint density at radius 2 is 1.25 bits per heavy atom. The number of nitrogens with one attached hydrogen (secondary N) is 1. The highest BCUT2D eigenvalue weighted by Crippen LogP contribution is 2.26. The monoisotopic (exact) mass is 426 g/mol. The highest BCUT2D eigenvalue weighted by molar-refractivity contribution is 6.22. The molecule has 0 radical (unpaired) electrons. The van der Waals surface area contributed by atoms with E-state index in [4.69, 9.17) is 0 Å². The molecule has 0 fully saturated rings. The Balaban J connectivity index is 1.43. The molecule has 0 bridgehead atoms. The summed E-state index contributed by atoms with van der Waals surface area (Å²) in [5.74, 6) is -1.13. The number of rotatable bonds is 9. The van der Waals surface area contributed by atoms with Gasteiger partial charge < -0.3 is 5.32 Å². The third-order valence-electron chi connectivity index (χ3n) is 5.75. The lowest BCUT2D eigenvalue weighted by molar-refractivity contribution is -0.125. The minimum Gasteiger partial charge on any atom is -0.354 e. The van der Waals surface area contributed by atoms with E-state index in [1.165, 1.54) is 5.56 Å². The number of fused-ring (bicyclic) bond motifs is 1. The first-order valence-corrected chi connectivity index (χ1v) is 11.0. The standard InChI is InChI=1S/C27H26N2O3/c30-25(28-18-10-9-13-20-11-3-1-4-12-20)24(19-21-14-5-2-6-15-21)29-26(31)22-16-7-8-17-23(22)27(29)32/h1-8,11-12,14-17,24H,9-10,13,18-19H2,(H,28,30). The van der Waals surface area contributed by atoms with Crippen LogP contribution in [0, 0.1) is 0 Å². The Kier molecular flexibility index (Phi) is 6.75. The summed E-state index contributed by atoms with van der Waals surface area (Å²) in [5.41, 5.74) is 2.87. The Hall–Kier alpha value is -3.73. The zero-order valence-electron chi connectivity index (χ0n) is 17.9. The molecule has 1 heterocycles. The average Bonchev–Trinajstić information content (AvgIpc) is 3.08. The third-order valence-corrected chi connectivity index (χ3v) is 5.75. The van der Waals surface area contributed by atoms with Crippen molar-refractivity contribution in [3.63, 3.8) is 0 Å². The minimum absolute atomic E-state index is 0.280. The van der Waals surface area contributed by atoms with Crippen molar-refractivity contribution in [1.29, 1.82) is 0 Å². The molecule has 1 aliphatic rings. The average molecular weight is 427 g/mol. The van der Waals surface area contributed by atoms with E-state index >= 15 is 0 Å². The van der Waals surface area contributed by atoms with Gasteiger partial charge in [0.1, 0.15) is 6.04 Å². The SMILES string of the molecule is O=C(NCCCCc1ccccc1)C(Cc1ccccc1)N1C(=O)c2ccccc2C1=O. The van der Waals surface area contributed by atoms with E-state index < -0.39 is 17.9 Å². The van der Waals surface area contributed by atoms with E-state index in [1.807, 2.05) is 48.5 Å². The summed E-state index contributed by atoms with van der Waals surface area (Å²) in [7, 11) is 0. The Bertz CT molecular complexity index is 1060. The van der Waals surface area contributed by atoms with Gasteiger partial charge >= 0.3 is 0 Å². The molecule has 5 nitrogen and oxygen atoms in total. The van der Waals surface area contributed by atoms with Gasteiger partial charge in [0.25, 0.3) is 11.8 Å². The van der Waals surface area contributed by atoms with Crippen molar-refractivity contribution in [2.24, 2.45) is 0 Å².